The van der Waals surface area contributed by atoms with E-state index >= 15 is 0 Å². The van der Waals surface area contributed by atoms with E-state index in [9.17, 15) is 14.9 Å². The smallest absolute Gasteiger partial charge is 0.272 e. The van der Waals surface area contributed by atoms with E-state index in [1.54, 1.807) is 26.0 Å². The molecule has 3 N–H and O–H groups in total. The topological polar surface area (TPSA) is 98.3 Å². The second-order valence-electron chi connectivity index (χ2n) is 4.93. The molecule has 0 aromatic heterocycles. The average molecular weight is 316 g/mol. The van der Waals surface area contributed by atoms with Crippen molar-refractivity contribution in [2.24, 2.45) is 5.73 Å². The van der Waals surface area contributed by atoms with Crippen molar-refractivity contribution in [2.45, 2.75) is 45.7 Å². The first-order valence-corrected chi connectivity index (χ1v) is 6.67. The molecule has 0 saturated heterocycles. The van der Waals surface area contributed by atoms with Gasteiger partial charge in [-0.15, -0.1) is 12.4 Å². The Morgan fingerprint density at radius 1 is 1.48 bits per heavy atom. The number of aryl methyl sites for hydroxylation is 1. The van der Waals surface area contributed by atoms with Gasteiger partial charge in [0.1, 0.15) is 0 Å². The molecule has 0 bridgehead atoms. The Kier molecular flexibility index (Phi) is 7.91. The number of amides is 1. The second-order valence-corrected chi connectivity index (χ2v) is 4.93. The van der Waals surface area contributed by atoms with Crippen molar-refractivity contribution in [1.29, 1.82) is 0 Å². The zero-order chi connectivity index (χ0) is 15.3. The maximum absolute atomic E-state index is 11.8. The Morgan fingerprint density at radius 2 is 2.10 bits per heavy atom. The van der Waals surface area contributed by atoms with Crippen molar-refractivity contribution in [2.75, 3.05) is 0 Å². The summed E-state index contributed by atoms with van der Waals surface area (Å²) in [5, 5.41) is 13.7. The predicted octanol–water partition coefficient (Wildman–Crippen LogP) is 2.63. The fourth-order valence-electron chi connectivity index (χ4n) is 1.94. The van der Waals surface area contributed by atoms with Gasteiger partial charge in [0.25, 0.3) is 5.69 Å². The molecule has 0 aliphatic carbocycles. The van der Waals surface area contributed by atoms with Gasteiger partial charge in [0.15, 0.2) is 0 Å². The van der Waals surface area contributed by atoms with Gasteiger partial charge in [0, 0.05) is 11.6 Å². The third-order valence-corrected chi connectivity index (χ3v) is 3.23. The number of carbonyl (C=O) groups excluding carboxylic acids is 1. The Hall–Kier alpha value is -1.66. The van der Waals surface area contributed by atoms with E-state index in [2.05, 4.69) is 5.32 Å². The molecule has 1 amide bonds. The number of halogens is 1. The summed E-state index contributed by atoms with van der Waals surface area (Å²) < 4.78 is 0. The maximum Gasteiger partial charge on any atom is 0.272 e. The Morgan fingerprint density at radius 3 is 2.62 bits per heavy atom. The zero-order valence-electron chi connectivity index (χ0n) is 12.5. The fraction of sp³-hybridized carbons (Fsp3) is 0.500. The van der Waals surface area contributed by atoms with Crippen LogP contribution in [0.2, 0.25) is 0 Å². The first-order valence-electron chi connectivity index (χ1n) is 6.67. The number of hydrogen-bond acceptors (Lipinski definition) is 4. The monoisotopic (exact) mass is 315 g/mol. The molecule has 2 unspecified atom stereocenters. The van der Waals surface area contributed by atoms with Gasteiger partial charge in [-0.3, -0.25) is 14.9 Å². The molecule has 6 nitrogen and oxygen atoms in total. The number of nitro benzene ring substituents is 1. The predicted molar refractivity (Wildman–Crippen MR) is 84.5 cm³/mol. The molecule has 21 heavy (non-hydrogen) atoms. The minimum atomic E-state index is -0.539. The Balaban J connectivity index is 0.00000400. The summed E-state index contributed by atoms with van der Waals surface area (Å²) in [7, 11) is 0. The van der Waals surface area contributed by atoms with E-state index in [1.165, 1.54) is 6.07 Å². The van der Waals surface area contributed by atoms with E-state index in [4.69, 9.17) is 5.73 Å². The van der Waals surface area contributed by atoms with Gasteiger partial charge in [0.2, 0.25) is 5.91 Å². The molecule has 0 spiro atoms. The van der Waals surface area contributed by atoms with Crippen molar-refractivity contribution in [3.63, 3.8) is 0 Å². The summed E-state index contributed by atoms with van der Waals surface area (Å²) in [6, 6.07) is 4.10. The van der Waals surface area contributed by atoms with Gasteiger partial charge in [-0.2, -0.15) is 0 Å². The number of nitrogens with zero attached hydrogens (tertiary/aromatic N) is 1. The number of nitrogens with two attached hydrogens (primary N) is 1. The van der Waals surface area contributed by atoms with Crippen LogP contribution in [0.1, 0.15) is 43.9 Å². The highest BCUT2D eigenvalue weighted by Crippen LogP contribution is 2.23. The highest BCUT2D eigenvalue weighted by molar-refractivity contribution is 5.85. The number of nitro groups is 1. The third kappa shape index (κ3) is 5.32. The minimum absolute atomic E-state index is 0. The van der Waals surface area contributed by atoms with Crippen molar-refractivity contribution < 1.29 is 9.72 Å². The highest BCUT2D eigenvalue weighted by Gasteiger charge is 2.18. The van der Waals surface area contributed by atoms with Gasteiger partial charge in [0.05, 0.1) is 17.0 Å². The zero-order valence-corrected chi connectivity index (χ0v) is 13.3. The van der Waals surface area contributed by atoms with Crippen LogP contribution in [-0.4, -0.2) is 16.9 Å². The largest absolute Gasteiger partial charge is 0.348 e. The fourth-order valence-corrected chi connectivity index (χ4v) is 1.94. The number of carbonyl (C=O) groups is 1. The van der Waals surface area contributed by atoms with Gasteiger partial charge < -0.3 is 11.1 Å². The molecule has 1 aromatic carbocycles. The molecule has 7 heteroatoms. The Labute approximate surface area is 130 Å². The van der Waals surface area contributed by atoms with Gasteiger partial charge in [-0.05, 0) is 25.8 Å². The second kappa shape index (κ2) is 8.59. The average Bonchev–Trinajstić information content (AvgIpc) is 2.38. The van der Waals surface area contributed by atoms with Crippen LogP contribution in [0.25, 0.3) is 0 Å². The normalized spacial score (nSPS) is 13.0. The molecule has 0 aliphatic heterocycles. The minimum Gasteiger partial charge on any atom is -0.348 e. The number of benzene rings is 1. The number of rotatable bonds is 6. The van der Waals surface area contributed by atoms with Crippen molar-refractivity contribution in [3.05, 3.63) is 39.4 Å². The third-order valence-electron chi connectivity index (χ3n) is 3.23. The van der Waals surface area contributed by atoms with Crippen LogP contribution in [0.3, 0.4) is 0 Å². The summed E-state index contributed by atoms with van der Waals surface area (Å²) in [5.74, 6) is -0.234. The van der Waals surface area contributed by atoms with Gasteiger partial charge in [-0.25, -0.2) is 0 Å². The summed E-state index contributed by atoms with van der Waals surface area (Å²) in [6.07, 6.45) is 1.45. The lowest BCUT2D eigenvalue weighted by Gasteiger charge is -2.17. The molecule has 0 radical (unpaired) electrons. The molecule has 0 saturated carbocycles. The van der Waals surface area contributed by atoms with Gasteiger partial charge >= 0.3 is 0 Å². The molecular weight excluding hydrogens is 294 g/mol. The number of nitrogens with one attached hydrogen (secondary N) is 1. The standard InChI is InChI=1S/C14H21N3O3.ClH/c1-4-5-12(15)14(18)16-10(3)11-7-6-9(2)13(8-11)17(19)20;/h6-8,10,12H,4-5,15H2,1-3H3,(H,16,18);1H. The quantitative estimate of drug-likeness (QED) is 0.622. The van der Waals surface area contributed by atoms with E-state index < -0.39 is 11.0 Å². The van der Waals surface area contributed by atoms with E-state index in [0.29, 0.717) is 17.5 Å². The molecule has 1 aromatic rings. The first-order chi connectivity index (χ1) is 9.36. The van der Waals surface area contributed by atoms with Crippen molar-refractivity contribution >= 4 is 24.0 Å². The molecular formula is C14H22ClN3O3. The Bertz CT molecular complexity index is 508. The van der Waals surface area contributed by atoms with Crippen LogP contribution in [0, 0.1) is 17.0 Å². The van der Waals surface area contributed by atoms with Crippen LogP contribution in [0.15, 0.2) is 18.2 Å². The van der Waals surface area contributed by atoms with E-state index in [1.807, 2.05) is 6.92 Å². The first kappa shape index (κ1) is 19.3. The summed E-state index contributed by atoms with van der Waals surface area (Å²) in [4.78, 5) is 22.3. The molecule has 2 atom stereocenters. The van der Waals surface area contributed by atoms with E-state index in [-0.39, 0.29) is 30.0 Å². The lowest BCUT2D eigenvalue weighted by molar-refractivity contribution is -0.385. The molecule has 118 valence electrons. The van der Waals surface area contributed by atoms with Crippen LogP contribution < -0.4 is 11.1 Å². The summed E-state index contributed by atoms with van der Waals surface area (Å²) >= 11 is 0. The molecule has 1 rings (SSSR count). The van der Waals surface area contributed by atoms with E-state index in [0.717, 1.165) is 6.42 Å². The maximum atomic E-state index is 11.8. The highest BCUT2D eigenvalue weighted by atomic mass is 35.5. The summed E-state index contributed by atoms with van der Waals surface area (Å²) in [6.45, 7) is 5.42. The van der Waals surface area contributed by atoms with Crippen LogP contribution in [0.4, 0.5) is 5.69 Å². The lowest BCUT2D eigenvalue weighted by atomic mass is 10.0. The lowest BCUT2D eigenvalue weighted by Crippen LogP contribution is -2.41. The molecule has 0 aliphatic rings. The molecule has 0 fully saturated rings. The summed E-state index contributed by atoms with van der Waals surface area (Å²) in [5.41, 5.74) is 7.08. The number of hydrogen-bond donors (Lipinski definition) is 2. The van der Waals surface area contributed by atoms with Crippen molar-refractivity contribution in [1.82, 2.24) is 5.32 Å². The van der Waals surface area contributed by atoms with Crippen LogP contribution >= 0.6 is 12.4 Å². The van der Waals surface area contributed by atoms with Gasteiger partial charge in [-0.1, -0.05) is 25.5 Å². The van der Waals surface area contributed by atoms with Crippen LogP contribution in [-0.2, 0) is 4.79 Å². The van der Waals surface area contributed by atoms with Crippen LogP contribution in [0.5, 0.6) is 0 Å². The van der Waals surface area contributed by atoms with Crippen molar-refractivity contribution in [3.8, 4) is 0 Å². The molecule has 0 heterocycles. The SMILES string of the molecule is CCCC(N)C(=O)NC(C)c1ccc(C)c([N+](=O)[O-])c1.Cl.